The number of hydrogen-bond donors (Lipinski definition) is 1. The largest absolute Gasteiger partial charge is 0.340 e. The summed E-state index contributed by atoms with van der Waals surface area (Å²) < 4.78 is 26.7. The molecule has 0 aromatic heterocycles. The monoisotopic (exact) mass is 352 g/mol. The summed E-state index contributed by atoms with van der Waals surface area (Å²) in [5, 5.41) is 2.57. The van der Waals surface area contributed by atoms with Gasteiger partial charge in [-0.1, -0.05) is 28.1 Å². The van der Waals surface area contributed by atoms with Crippen LogP contribution in [0.4, 0.5) is 16.2 Å². The van der Waals surface area contributed by atoms with Crippen LogP contribution in [0.1, 0.15) is 0 Å². The second-order valence-corrected chi connectivity index (χ2v) is 6.84. The molecule has 0 radical (unpaired) electrons. The number of nitrogens with one attached hydrogen (secondary N) is 1. The maximum atomic E-state index is 12.6. The molecule has 0 aliphatic carbocycles. The van der Waals surface area contributed by atoms with Crippen molar-refractivity contribution in [3.8, 4) is 0 Å². The second kappa shape index (κ2) is 4.60. The minimum atomic E-state index is -3.89. The molecular weight excluding hydrogens is 344 g/mol. The molecule has 0 spiro atoms. The zero-order valence-electron chi connectivity index (χ0n) is 10.1. The van der Waals surface area contributed by atoms with Crippen LogP contribution in [0.5, 0.6) is 0 Å². The van der Waals surface area contributed by atoms with Gasteiger partial charge >= 0.3 is 6.03 Å². The first kappa shape index (κ1) is 13.1. The van der Waals surface area contributed by atoms with Gasteiger partial charge in [-0.15, -0.1) is 0 Å². The van der Waals surface area contributed by atoms with Crippen molar-refractivity contribution in [3.05, 3.63) is 53.0 Å². The fraction of sp³-hybridized carbons (Fsp3) is 0. The normalized spacial score (nSPS) is 16.4. The molecule has 0 unspecified atom stereocenters. The number of benzene rings is 2. The van der Waals surface area contributed by atoms with Crippen molar-refractivity contribution in [2.24, 2.45) is 0 Å². The van der Waals surface area contributed by atoms with Gasteiger partial charge in [0.1, 0.15) is 4.90 Å². The lowest BCUT2D eigenvalue weighted by molar-refractivity contribution is 0.259. The van der Waals surface area contributed by atoms with E-state index in [0.29, 0.717) is 11.4 Å². The number of halogens is 1. The summed E-state index contributed by atoms with van der Waals surface area (Å²) in [5.74, 6) is 0. The Morgan fingerprint density at radius 1 is 1.00 bits per heavy atom. The number of nitrogens with zero attached hydrogens (tertiary/aromatic N) is 1. The van der Waals surface area contributed by atoms with Gasteiger partial charge in [-0.2, -0.15) is 4.31 Å². The van der Waals surface area contributed by atoms with Crippen molar-refractivity contribution < 1.29 is 13.2 Å². The third-order valence-corrected chi connectivity index (χ3v) is 5.19. The van der Waals surface area contributed by atoms with E-state index < -0.39 is 16.1 Å². The molecule has 1 N–H and O–H groups in total. The van der Waals surface area contributed by atoms with Crippen LogP contribution in [0, 0.1) is 0 Å². The molecule has 0 saturated carbocycles. The molecule has 7 heteroatoms. The van der Waals surface area contributed by atoms with Crippen molar-refractivity contribution in [2.45, 2.75) is 4.90 Å². The highest BCUT2D eigenvalue weighted by Gasteiger charge is 2.37. The van der Waals surface area contributed by atoms with E-state index in [2.05, 4.69) is 21.2 Å². The lowest BCUT2D eigenvalue weighted by Gasteiger charge is -2.28. The summed E-state index contributed by atoms with van der Waals surface area (Å²) >= 11 is 3.27. The van der Waals surface area contributed by atoms with Crippen molar-refractivity contribution >= 4 is 43.4 Å². The number of hydrogen-bond acceptors (Lipinski definition) is 3. The molecule has 1 aliphatic heterocycles. The number of rotatable bonds is 1. The molecule has 3 rings (SSSR count). The van der Waals surface area contributed by atoms with Crippen molar-refractivity contribution in [1.29, 1.82) is 0 Å². The quantitative estimate of drug-likeness (QED) is 0.856. The Labute approximate surface area is 124 Å². The summed E-state index contributed by atoms with van der Waals surface area (Å²) in [4.78, 5) is 12.2. The van der Waals surface area contributed by atoms with Crippen molar-refractivity contribution in [3.63, 3.8) is 0 Å². The molecule has 0 fully saturated rings. The number of sulfonamides is 1. The summed E-state index contributed by atoms with van der Waals surface area (Å²) in [6.45, 7) is 0. The Hall–Kier alpha value is -1.86. The van der Waals surface area contributed by atoms with Crippen LogP contribution in [0.2, 0.25) is 0 Å². The van der Waals surface area contributed by atoms with Crippen LogP contribution >= 0.6 is 15.9 Å². The van der Waals surface area contributed by atoms with E-state index >= 15 is 0 Å². The van der Waals surface area contributed by atoms with Gasteiger partial charge in [0, 0.05) is 4.47 Å². The van der Waals surface area contributed by atoms with Gasteiger partial charge in [0.2, 0.25) is 0 Å². The molecule has 1 aliphatic rings. The first-order valence-electron chi connectivity index (χ1n) is 5.71. The van der Waals surface area contributed by atoms with Crippen LogP contribution in [0.25, 0.3) is 0 Å². The molecular formula is C13H9BrN2O3S. The van der Waals surface area contributed by atoms with Crippen molar-refractivity contribution in [2.75, 3.05) is 9.62 Å². The van der Waals surface area contributed by atoms with E-state index in [9.17, 15) is 13.2 Å². The molecule has 20 heavy (non-hydrogen) atoms. The molecule has 0 saturated heterocycles. The summed E-state index contributed by atoms with van der Waals surface area (Å²) in [6, 6.07) is 12.1. The van der Waals surface area contributed by atoms with E-state index in [1.807, 2.05) is 0 Å². The molecule has 2 aromatic carbocycles. The van der Waals surface area contributed by atoms with Crippen LogP contribution < -0.4 is 9.62 Å². The Kier molecular flexibility index (Phi) is 3.02. The zero-order chi connectivity index (χ0) is 14.3. The molecule has 5 nitrogen and oxygen atoms in total. The minimum absolute atomic E-state index is 0.0857. The zero-order valence-corrected chi connectivity index (χ0v) is 12.5. The van der Waals surface area contributed by atoms with Gasteiger partial charge in [-0.25, -0.2) is 13.2 Å². The van der Waals surface area contributed by atoms with E-state index in [0.717, 1.165) is 8.78 Å². The molecule has 2 amide bonds. The fourth-order valence-electron chi connectivity index (χ4n) is 2.00. The highest BCUT2D eigenvalue weighted by Crippen LogP contribution is 2.33. The number of fused-ring (bicyclic) bond motifs is 1. The average molecular weight is 353 g/mol. The van der Waals surface area contributed by atoms with Gasteiger partial charge in [-0.3, -0.25) is 0 Å². The fourth-order valence-corrected chi connectivity index (χ4v) is 3.77. The SMILES string of the molecule is O=C1Nc2ccccc2S(=O)(=O)N1c1ccc(Br)cc1. The molecule has 0 bridgehead atoms. The molecule has 0 atom stereocenters. The predicted molar refractivity (Wildman–Crippen MR) is 79.3 cm³/mol. The van der Waals surface area contributed by atoms with Gasteiger partial charge in [0.05, 0.1) is 11.4 Å². The third-order valence-electron chi connectivity index (χ3n) is 2.89. The Morgan fingerprint density at radius 3 is 2.35 bits per heavy atom. The number of amides is 2. The summed E-state index contributed by atoms with van der Waals surface area (Å²) in [6.07, 6.45) is 0. The standard InChI is InChI=1S/C13H9BrN2O3S/c14-9-5-7-10(8-6-9)16-13(17)15-11-3-1-2-4-12(11)20(16,18)19/h1-8H,(H,15,17). The van der Waals surface area contributed by atoms with Gasteiger partial charge < -0.3 is 5.32 Å². The second-order valence-electron chi connectivity index (χ2n) is 4.17. The number of anilines is 2. The topological polar surface area (TPSA) is 66.5 Å². The predicted octanol–water partition coefficient (Wildman–Crippen LogP) is 3.19. The lowest BCUT2D eigenvalue weighted by atomic mass is 10.3. The van der Waals surface area contributed by atoms with Crippen molar-refractivity contribution in [1.82, 2.24) is 0 Å². The Balaban J connectivity index is 2.18. The van der Waals surface area contributed by atoms with Crippen LogP contribution in [-0.2, 0) is 10.0 Å². The average Bonchev–Trinajstić information content (AvgIpc) is 2.40. The minimum Gasteiger partial charge on any atom is -0.305 e. The maximum absolute atomic E-state index is 12.6. The summed E-state index contributed by atoms with van der Waals surface area (Å²) in [7, 11) is -3.89. The maximum Gasteiger partial charge on any atom is 0.340 e. The van der Waals surface area contributed by atoms with Crippen LogP contribution in [-0.4, -0.2) is 14.4 Å². The van der Waals surface area contributed by atoms with E-state index in [1.54, 1.807) is 42.5 Å². The van der Waals surface area contributed by atoms with Gasteiger partial charge in [0.15, 0.2) is 0 Å². The van der Waals surface area contributed by atoms with Crippen LogP contribution in [0.15, 0.2) is 57.9 Å². The molecule has 2 aromatic rings. The first-order valence-corrected chi connectivity index (χ1v) is 7.94. The van der Waals surface area contributed by atoms with Crippen LogP contribution in [0.3, 0.4) is 0 Å². The smallest absolute Gasteiger partial charge is 0.305 e. The number of carbonyl (C=O) groups excluding carboxylic acids is 1. The Morgan fingerprint density at radius 2 is 1.65 bits per heavy atom. The lowest BCUT2D eigenvalue weighted by Crippen LogP contribution is -2.44. The summed E-state index contributed by atoms with van der Waals surface area (Å²) in [5.41, 5.74) is 0.589. The van der Waals surface area contributed by atoms with E-state index in [-0.39, 0.29) is 4.90 Å². The number of para-hydroxylation sites is 1. The van der Waals surface area contributed by atoms with Gasteiger partial charge in [-0.05, 0) is 36.4 Å². The number of urea groups is 1. The Bertz CT molecular complexity index is 788. The first-order chi connectivity index (χ1) is 9.50. The highest BCUT2D eigenvalue weighted by atomic mass is 79.9. The van der Waals surface area contributed by atoms with Gasteiger partial charge in [0.25, 0.3) is 10.0 Å². The number of carbonyl (C=O) groups is 1. The molecule has 102 valence electrons. The van der Waals surface area contributed by atoms with E-state index in [4.69, 9.17) is 0 Å². The molecule has 1 heterocycles. The third kappa shape index (κ3) is 1.99. The highest BCUT2D eigenvalue weighted by molar-refractivity contribution is 9.10. The van der Waals surface area contributed by atoms with E-state index in [1.165, 1.54) is 6.07 Å².